The second-order valence-corrected chi connectivity index (χ2v) is 6.53. The number of Topliss-reactive ketones (excluding diaryl/α,β-unsaturated/α-hetero) is 1. The molecular formula is C16H29NO2. The van der Waals surface area contributed by atoms with Crippen molar-refractivity contribution in [3.63, 3.8) is 0 Å². The van der Waals surface area contributed by atoms with Gasteiger partial charge in [0.25, 0.3) is 0 Å². The van der Waals surface area contributed by atoms with E-state index in [1.54, 1.807) is 0 Å². The number of carbonyl (C=O) groups is 1. The molecule has 2 fully saturated rings. The number of ketones is 1. The van der Waals surface area contributed by atoms with Crippen molar-refractivity contribution in [1.82, 2.24) is 4.90 Å². The van der Waals surface area contributed by atoms with Crippen LogP contribution in [0.5, 0.6) is 0 Å². The molecule has 0 amide bonds. The van der Waals surface area contributed by atoms with Crippen LogP contribution in [0.25, 0.3) is 0 Å². The molecule has 0 N–H and O–H groups in total. The van der Waals surface area contributed by atoms with E-state index in [4.69, 9.17) is 4.74 Å². The summed E-state index contributed by atoms with van der Waals surface area (Å²) in [5.41, 5.74) is 0. The Kier molecular flexibility index (Phi) is 5.40. The topological polar surface area (TPSA) is 29.5 Å². The summed E-state index contributed by atoms with van der Waals surface area (Å²) in [6.45, 7) is 10.4. The molecule has 3 nitrogen and oxygen atoms in total. The van der Waals surface area contributed by atoms with Gasteiger partial charge >= 0.3 is 0 Å². The van der Waals surface area contributed by atoms with Crippen LogP contribution in [0.3, 0.4) is 0 Å². The van der Waals surface area contributed by atoms with Crippen LogP contribution in [-0.2, 0) is 9.53 Å². The van der Waals surface area contributed by atoms with E-state index in [1.165, 1.54) is 6.42 Å². The lowest BCUT2D eigenvalue weighted by Crippen LogP contribution is -2.48. The van der Waals surface area contributed by atoms with E-state index in [0.717, 1.165) is 51.4 Å². The highest BCUT2D eigenvalue weighted by Gasteiger charge is 2.35. The smallest absolute Gasteiger partial charge is 0.165 e. The highest BCUT2D eigenvalue weighted by Crippen LogP contribution is 2.34. The van der Waals surface area contributed by atoms with Crippen molar-refractivity contribution in [3.05, 3.63) is 0 Å². The SMILES string of the molecule is CCCN1CCOC(C(=O)C2CCC(C)C(C)C2)C1. The van der Waals surface area contributed by atoms with Gasteiger partial charge in [-0.1, -0.05) is 20.8 Å². The number of ether oxygens (including phenoxy) is 1. The van der Waals surface area contributed by atoms with E-state index in [9.17, 15) is 4.79 Å². The number of carbonyl (C=O) groups excluding carboxylic acids is 1. The highest BCUT2D eigenvalue weighted by atomic mass is 16.5. The van der Waals surface area contributed by atoms with Gasteiger partial charge in [0.2, 0.25) is 0 Å². The molecule has 3 heteroatoms. The minimum absolute atomic E-state index is 0.161. The average molecular weight is 267 g/mol. The molecular weight excluding hydrogens is 238 g/mol. The van der Waals surface area contributed by atoms with Gasteiger partial charge in [0.05, 0.1) is 6.61 Å². The summed E-state index contributed by atoms with van der Waals surface area (Å²) in [4.78, 5) is 15.0. The minimum Gasteiger partial charge on any atom is -0.368 e. The van der Waals surface area contributed by atoms with Crippen LogP contribution in [-0.4, -0.2) is 43.0 Å². The zero-order valence-corrected chi connectivity index (χ0v) is 12.7. The molecule has 0 bridgehead atoms. The fraction of sp³-hybridized carbons (Fsp3) is 0.938. The first-order valence-corrected chi connectivity index (χ1v) is 7.99. The first kappa shape index (κ1) is 15.0. The molecule has 2 rings (SSSR count). The molecule has 19 heavy (non-hydrogen) atoms. The van der Waals surface area contributed by atoms with Gasteiger partial charge in [-0.25, -0.2) is 0 Å². The van der Waals surface area contributed by atoms with Gasteiger partial charge in [0, 0.05) is 19.0 Å². The van der Waals surface area contributed by atoms with Gasteiger partial charge in [0.15, 0.2) is 5.78 Å². The average Bonchev–Trinajstić information content (AvgIpc) is 2.42. The Morgan fingerprint density at radius 1 is 1.26 bits per heavy atom. The summed E-state index contributed by atoms with van der Waals surface area (Å²) in [5.74, 6) is 2.07. The molecule has 1 aliphatic carbocycles. The molecule has 1 saturated carbocycles. The van der Waals surface area contributed by atoms with Crippen molar-refractivity contribution in [2.75, 3.05) is 26.2 Å². The van der Waals surface area contributed by atoms with Crippen LogP contribution < -0.4 is 0 Å². The predicted molar refractivity (Wildman–Crippen MR) is 77.1 cm³/mol. The third-order valence-electron chi connectivity index (χ3n) is 5.01. The second-order valence-electron chi connectivity index (χ2n) is 6.53. The van der Waals surface area contributed by atoms with Crippen LogP contribution in [0.2, 0.25) is 0 Å². The van der Waals surface area contributed by atoms with Gasteiger partial charge in [-0.05, 0) is 44.1 Å². The molecule has 2 aliphatic rings. The van der Waals surface area contributed by atoms with Gasteiger partial charge < -0.3 is 4.74 Å². The van der Waals surface area contributed by atoms with Crippen molar-refractivity contribution in [2.45, 2.75) is 52.6 Å². The quantitative estimate of drug-likeness (QED) is 0.784. The van der Waals surface area contributed by atoms with E-state index in [2.05, 4.69) is 25.7 Å². The zero-order chi connectivity index (χ0) is 13.8. The number of hydrogen-bond donors (Lipinski definition) is 0. The van der Waals surface area contributed by atoms with E-state index >= 15 is 0 Å². The van der Waals surface area contributed by atoms with Crippen LogP contribution in [0.15, 0.2) is 0 Å². The maximum Gasteiger partial charge on any atom is 0.165 e. The lowest BCUT2D eigenvalue weighted by Gasteiger charge is -2.36. The molecule has 1 aliphatic heterocycles. The van der Waals surface area contributed by atoms with Crippen LogP contribution in [0, 0.1) is 17.8 Å². The van der Waals surface area contributed by atoms with Crippen LogP contribution >= 0.6 is 0 Å². The standard InChI is InChI=1S/C16H29NO2/c1-4-7-17-8-9-19-15(11-17)16(18)14-6-5-12(2)13(3)10-14/h12-15H,4-11H2,1-3H3. The molecule has 4 unspecified atom stereocenters. The predicted octanol–water partition coefficient (Wildman–Crippen LogP) is 2.74. The summed E-state index contributed by atoms with van der Waals surface area (Å²) >= 11 is 0. The van der Waals surface area contributed by atoms with Gasteiger partial charge in [-0.3, -0.25) is 9.69 Å². The Balaban J connectivity index is 1.88. The normalized spacial score (nSPS) is 37.2. The van der Waals surface area contributed by atoms with Crippen molar-refractivity contribution in [2.24, 2.45) is 17.8 Å². The first-order valence-electron chi connectivity index (χ1n) is 7.99. The Morgan fingerprint density at radius 3 is 2.74 bits per heavy atom. The lowest BCUT2D eigenvalue weighted by molar-refractivity contribution is -0.142. The Bertz CT molecular complexity index is 303. The second kappa shape index (κ2) is 6.85. The summed E-state index contributed by atoms with van der Waals surface area (Å²) < 4.78 is 5.74. The molecule has 4 atom stereocenters. The van der Waals surface area contributed by atoms with Gasteiger partial charge in [0.1, 0.15) is 6.10 Å². The molecule has 1 saturated heterocycles. The van der Waals surface area contributed by atoms with E-state index in [0.29, 0.717) is 11.7 Å². The molecule has 110 valence electrons. The fourth-order valence-corrected chi connectivity index (χ4v) is 3.46. The highest BCUT2D eigenvalue weighted by molar-refractivity contribution is 5.85. The third-order valence-corrected chi connectivity index (χ3v) is 5.01. The maximum atomic E-state index is 12.6. The summed E-state index contributed by atoms with van der Waals surface area (Å²) in [7, 11) is 0. The molecule has 0 radical (unpaired) electrons. The summed E-state index contributed by atoms with van der Waals surface area (Å²) in [6, 6.07) is 0. The minimum atomic E-state index is -0.161. The number of nitrogens with zero attached hydrogens (tertiary/aromatic N) is 1. The maximum absolute atomic E-state index is 12.6. The van der Waals surface area contributed by atoms with E-state index < -0.39 is 0 Å². The Labute approximate surface area is 117 Å². The summed E-state index contributed by atoms with van der Waals surface area (Å²) in [6.07, 6.45) is 4.32. The van der Waals surface area contributed by atoms with Crippen molar-refractivity contribution < 1.29 is 9.53 Å². The first-order chi connectivity index (χ1) is 9.11. The zero-order valence-electron chi connectivity index (χ0n) is 12.7. The molecule has 0 aromatic heterocycles. The number of morpholine rings is 1. The van der Waals surface area contributed by atoms with Crippen molar-refractivity contribution in [1.29, 1.82) is 0 Å². The molecule has 0 aromatic carbocycles. The molecule has 0 spiro atoms. The van der Waals surface area contributed by atoms with Gasteiger partial charge in [-0.15, -0.1) is 0 Å². The van der Waals surface area contributed by atoms with E-state index in [1.807, 2.05) is 0 Å². The largest absolute Gasteiger partial charge is 0.368 e. The van der Waals surface area contributed by atoms with E-state index in [-0.39, 0.29) is 12.0 Å². The number of hydrogen-bond acceptors (Lipinski definition) is 3. The Morgan fingerprint density at radius 2 is 2.05 bits per heavy atom. The Hall–Kier alpha value is -0.410. The lowest BCUT2D eigenvalue weighted by atomic mass is 9.73. The van der Waals surface area contributed by atoms with Crippen LogP contribution in [0.4, 0.5) is 0 Å². The van der Waals surface area contributed by atoms with Crippen LogP contribution in [0.1, 0.15) is 46.5 Å². The molecule has 0 aromatic rings. The monoisotopic (exact) mass is 267 g/mol. The fourth-order valence-electron chi connectivity index (χ4n) is 3.46. The number of rotatable bonds is 4. The van der Waals surface area contributed by atoms with Crippen molar-refractivity contribution >= 4 is 5.78 Å². The third kappa shape index (κ3) is 3.79. The molecule has 1 heterocycles. The summed E-state index contributed by atoms with van der Waals surface area (Å²) in [5, 5.41) is 0. The van der Waals surface area contributed by atoms with Gasteiger partial charge in [-0.2, -0.15) is 0 Å². The van der Waals surface area contributed by atoms with Crippen molar-refractivity contribution in [3.8, 4) is 0 Å².